The van der Waals surface area contributed by atoms with E-state index in [2.05, 4.69) is 20.9 Å². The second-order valence-corrected chi connectivity index (χ2v) is 13.6. The quantitative estimate of drug-likeness (QED) is 0.103. The molecule has 1 aromatic heterocycles. The molecule has 54 heavy (non-hydrogen) atoms. The van der Waals surface area contributed by atoms with E-state index in [-0.39, 0.29) is 32.2 Å². The van der Waals surface area contributed by atoms with Gasteiger partial charge in [0.15, 0.2) is 6.61 Å². The highest BCUT2D eigenvalue weighted by atomic mass is 35.5. The Morgan fingerprint density at radius 3 is 2.35 bits per heavy atom. The number of hydrogen-bond acceptors (Lipinski definition) is 12. The second kappa shape index (κ2) is 17.7. The topological polar surface area (TPSA) is 235 Å². The summed E-state index contributed by atoms with van der Waals surface area (Å²) in [7, 11) is 0. The van der Waals surface area contributed by atoms with E-state index in [0.717, 1.165) is 23.7 Å². The lowest BCUT2D eigenvalue weighted by Crippen LogP contribution is -2.68. The van der Waals surface area contributed by atoms with Gasteiger partial charge in [-0.2, -0.15) is 0 Å². The summed E-state index contributed by atoms with van der Waals surface area (Å²) in [4.78, 5) is 37.5. The van der Waals surface area contributed by atoms with Crippen molar-refractivity contribution in [3.05, 3.63) is 62.9 Å². The number of aliphatic carboxylic acids is 1. The van der Waals surface area contributed by atoms with Gasteiger partial charge in [0.25, 0.3) is 12.3 Å². The molecule has 21 heteroatoms. The van der Waals surface area contributed by atoms with Crippen molar-refractivity contribution in [2.24, 2.45) is 0 Å². The number of rotatable bonds is 16. The number of carbonyl (C=O) groups is 3. The number of alkyl halides is 2. The van der Waals surface area contributed by atoms with Gasteiger partial charge in [-0.15, -0.1) is 5.10 Å². The summed E-state index contributed by atoms with van der Waals surface area (Å²) in [6, 6.07) is 4.45. The van der Waals surface area contributed by atoms with E-state index in [1.165, 1.54) is 24.4 Å². The van der Waals surface area contributed by atoms with Crippen molar-refractivity contribution in [3.63, 3.8) is 0 Å². The highest BCUT2D eigenvalue weighted by Crippen LogP contribution is 2.39. The number of aromatic nitrogens is 3. The molecule has 0 saturated carbocycles. The first kappa shape index (κ1) is 42.9. The molecule has 2 amide bonds. The number of nitrogens with one attached hydrogen (secondary N) is 2. The predicted molar refractivity (Wildman–Crippen MR) is 187 cm³/mol. The molecule has 1 aliphatic heterocycles. The minimum Gasteiger partial charge on any atom is -0.482 e. The van der Waals surface area contributed by atoms with Gasteiger partial charge in [0.2, 0.25) is 5.91 Å². The molecule has 1 saturated heterocycles. The highest BCUT2D eigenvalue weighted by Gasteiger charge is 2.57. The number of benzene rings is 2. The van der Waals surface area contributed by atoms with Gasteiger partial charge >= 0.3 is 11.8 Å². The predicted octanol–water partition coefficient (Wildman–Crippen LogP) is 2.90. The van der Waals surface area contributed by atoms with E-state index in [4.69, 9.17) is 49.0 Å². The van der Waals surface area contributed by atoms with E-state index in [9.17, 15) is 48.7 Å². The zero-order chi connectivity index (χ0) is 40.1. The van der Waals surface area contributed by atoms with Crippen molar-refractivity contribution < 1.29 is 62.9 Å². The van der Waals surface area contributed by atoms with Crippen molar-refractivity contribution >= 4 is 52.6 Å². The molecule has 3 aromatic rings. The van der Waals surface area contributed by atoms with Crippen LogP contribution in [0.5, 0.6) is 11.5 Å². The SMILES string of the molecule is CCC(CC)(NC(=O)COc1cc(Cl)c(Cl)cc1Cl)c1cn(-c2ccc(O[C@]3(C(=O)O)C[C@H](O)[C@@H](NC(C)=O)[C@H]([C@H](O)[C@H](O)CO)O3)c(C(F)F)c2)nn1. The third-order valence-corrected chi connectivity index (χ3v) is 9.87. The van der Waals surface area contributed by atoms with Crippen LogP contribution in [0.3, 0.4) is 0 Å². The Labute approximate surface area is 321 Å². The van der Waals surface area contributed by atoms with Crippen LogP contribution < -0.4 is 20.1 Å². The van der Waals surface area contributed by atoms with Crippen LogP contribution in [0.4, 0.5) is 8.78 Å². The summed E-state index contributed by atoms with van der Waals surface area (Å²) >= 11 is 18.1. The van der Waals surface area contributed by atoms with Gasteiger partial charge in [0, 0.05) is 13.0 Å². The standard InChI is InChI=1S/C33H38Cl3F2N5O11/c1-4-32(5-2,40-26(48)14-52-24-10-19(35)18(34)9-20(24)36)25-12-43(42-41-25)16-6-7-23(17(8-16)30(37)38)53-33(31(50)51)11-21(46)27(39-15(3)45)29(54-33)28(49)22(47)13-44/h6-10,12,21-22,27-30,44,46-47,49H,4-5,11,13-14H2,1-3H3,(H,39,45)(H,40,48)(H,50,51)/t21-,22+,27+,28+,29+,33+/m0/s1. The minimum atomic E-state index is -3.26. The van der Waals surface area contributed by atoms with Gasteiger partial charge in [-0.1, -0.05) is 53.9 Å². The molecule has 0 aliphatic carbocycles. The van der Waals surface area contributed by atoms with E-state index in [0.29, 0.717) is 12.8 Å². The molecule has 1 aliphatic rings. The Morgan fingerprint density at radius 1 is 1.09 bits per heavy atom. The van der Waals surface area contributed by atoms with E-state index < -0.39 is 96.9 Å². The fourth-order valence-electron chi connectivity index (χ4n) is 5.87. The number of nitrogens with zero attached hydrogens (tertiary/aromatic N) is 3. The fourth-order valence-corrected chi connectivity index (χ4v) is 6.47. The molecule has 0 radical (unpaired) electrons. The van der Waals surface area contributed by atoms with E-state index >= 15 is 0 Å². The molecular weight excluding hydrogens is 787 g/mol. The smallest absolute Gasteiger partial charge is 0.377 e. The molecule has 4 rings (SSSR count). The lowest BCUT2D eigenvalue weighted by atomic mass is 9.88. The summed E-state index contributed by atoms with van der Waals surface area (Å²) in [6.45, 7) is 3.17. The number of hydrogen-bond donors (Lipinski definition) is 7. The number of carboxylic acids is 1. The van der Waals surface area contributed by atoms with Crippen LogP contribution in [0.2, 0.25) is 15.1 Å². The molecule has 0 unspecified atom stereocenters. The van der Waals surface area contributed by atoms with Crippen molar-refractivity contribution in [3.8, 4) is 17.2 Å². The Balaban J connectivity index is 1.61. The zero-order valence-corrected chi connectivity index (χ0v) is 31.1. The average molecular weight is 825 g/mol. The van der Waals surface area contributed by atoms with Crippen LogP contribution >= 0.6 is 34.8 Å². The molecule has 16 nitrogen and oxygen atoms in total. The molecule has 6 atom stereocenters. The number of carboxylic acid groups (broad SMARTS) is 1. The summed E-state index contributed by atoms with van der Waals surface area (Å²) in [6.07, 6.45) is -9.80. The Morgan fingerprint density at radius 2 is 1.76 bits per heavy atom. The molecule has 1 fully saturated rings. The number of carbonyl (C=O) groups excluding carboxylic acids is 2. The van der Waals surface area contributed by atoms with Crippen LogP contribution in [0.1, 0.15) is 57.7 Å². The third-order valence-electron chi connectivity index (χ3n) is 8.86. The second-order valence-electron chi connectivity index (χ2n) is 12.4. The monoisotopic (exact) mass is 823 g/mol. The van der Waals surface area contributed by atoms with Gasteiger partial charge in [0.05, 0.1) is 63.2 Å². The van der Waals surface area contributed by atoms with Crippen LogP contribution in [-0.2, 0) is 24.7 Å². The van der Waals surface area contributed by atoms with E-state index in [1.54, 1.807) is 13.8 Å². The largest absolute Gasteiger partial charge is 0.482 e. The van der Waals surface area contributed by atoms with Crippen LogP contribution in [0.25, 0.3) is 5.69 Å². The number of ether oxygens (including phenoxy) is 3. The molecule has 296 valence electrons. The number of halogens is 5. The lowest BCUT2D eigenvalue weighted by Gasteiger charge is -2.46. The van der Waals surface area contributed by atoms with Crippen molar-refractivity contribution in [1.82, 2.24) is 25.6 Å². The van der Waals surface area contributed by atoms with Gasteiger partial charge < -0.3 is 50.4 Å². The van der Waals surface area contributed by atoms with Gasteiger partial charge in [-0.25, -0.2) is 18.3 Å². The van der Waals surface area contributed by atoms with Gasteiger partial charge in [-0.3, -0.25) is 9.59 Å². The normalized spacial score (nSPS) is 21.3. The number of aliphatic hydroxyl groups is 4. The van der Waals surface area contributed by atoms with Crippen molar-refractivity contribution in [2.45, 2.75) is 88.2 Å². The maximum absolute atomic E-state index is 14.6. The lowest BCUT2D eigenvalue weighted by molar-refractivity contribution is -0.284. The maximum Gasteiger partial charge on any atom is 0.377 e. The number of aliphatic hydroxyl groups excluding tert-OH is 4. The Bertz CT molecular complexity index is 1840. The Hall–Kier alpha value is -3.88. The van der Waals surface area contributed by atoms with Crippen molar-refractivity contribution in [2.75, 3.05) is 13.2 Å². The summed E-state index contributed by atoms with van der Waals surface area (Å²) in [5, 5.41) is 65.1. The zero-order valence-electron chi connectivity index (χ0n) is 28.9. The summed E-state index contributed by atoms with van der Waals surface area (Å²) in [5.41, 5.74) is -1.62. The van der Waals surface area contributed by atoms with E-state index in [1.807, 2.05) is 0 Å². The molecule has 2 aromatic carbocycles. The first-order valence-corrected chi connectivity index (χ1v) is 17.5. The van der Waals surface area contributed by atoms with Gasteiger partial charge in [0.1, 0.15) is 35.5 Å². The summed E-state index contributed by atoms with van der Waals surface area (Å²) in [5.74, 6) is -6.65. The molecular formula is C33H38Cl3F2N5O11. The minimum absolute atomic E-state index is 0.0282. The van der Waals surface area contributed by atoms with Gasteiger partial charge in [-0.05, 0) is 37.1 Å². The molecule has 7 N–H and O–H groups in total. The average Bonchev–Trinajstić information content (AvgIpc) is 3.63. The maximum atomic E-state index is 14.6. The Kier molecular flexibility index (Phi) is 14.1. The third kappa shape index (κ3) is 9.31. The molecule has 0 bridgehead atoms. The first-order chi connectivity index (χ1) is 25.4. The fraction of sp³-hybridized carbons (Fsp3) is 0.485. The first-order valence-electron chi connectivity index (χ1n) is 16.4. The van der Waals surface area contributed by atoms with Crippen LogP contribution in [0.15, 0.2) is 36.5 Å². The molecule has 0 spiro atoms. The van der Waals surface area contributed by atoms with Crippen LogP contribution in [-0.4, -0.2) is 108 Å². The number of amides is 2. The van der Waals surface area contributed by atoms with Crippen molar-refractivity contribution in [1.29, 1.82) is 0 Å². The highest BCUT2D eigenvalue weighted by molar-refractivity contribution is 6.43. The van der Waals surface area contributed by atoms with Crippen LogP contribution in [0, 0.1) is 0 Å². The summed E-state index contributed by atoms with van der Waals surface area (Å²) < 4.78 is 46.9. The molecule has 2 heterocycles.